The third kappa shape index (κ3) is 3.39. The molecule has 1 N–H and O–H groups in total. The third-order valence-corrected chi connectivity index (χ3v) is 3.63. The van der Waals surface area contributed by atoms with E-state index in [4.69, 9.17) is 4.52 Å². The number of benzene rings is 1. The minimum absolute atomic E-state index is 0. The molecular weight excluding hydrogens is 274 g/mol. The minimum atomic E-state index is 0. The van der Waals surface area contributed by atoms with Crippen LogP contribution in [-0.4, -0.2) is 35.7 Å². The Morgan fingerprint density at radius 1 is 1.35 bits per heavy atom. The lowest BCUT2D eigenvalue weighted by atomic mass is 10.1. The Kier molecular flexibility index (Phi) is 5.17. The van der Waals surface area contributed by atoms with Gasteiger partial charge in [0.2, 0.25) is 0 Å². The first-order chi connectivity index (χ1) is 9.33. The van der Waals surface area contributed by atoms with Gasteiger partial charge in [-0.25, -0.2) is 0 Å². The van der Waals surface area contributed by atoms with E-state index in [1.165, 1.54) is 0 Å². The SMILES string of the molecule is CC1CNCCN1Cc1cc(-c2ccccc2)no1.Cl. The molecule has 0 bridgehead atoms. The number of aromatic nitrogens is 1. The van der Waals surface area contributed by atoms with Gasteiger partial charge in [-0.05, 0) is 6.92 Å². The first-order valence-corrected chi connectivity index (χ1v) is 6.79. The monoisotopic (exact) mass is 293 g/mol. The Labute approximate surface area is 125 Å². The standard InChI is InChI=1S/C15H19N3O.ClH/c1-12-10-16-7-8-18(12)11-14-9-15(17-19-14)13-5-3-2-4-6-13;/h2-6,9,12,16H,7-8,10-11H2,1H3;1H. The summed E-state index contributed by atoms with van der Waals surface area (Å²) in [6, 6.07) is 12.7. The van der Waals surface area contributed by atoms with Gasteiger partial charge in [0, 0.05) is 37.3 Å². The quantitative estimate of drug-likeness (QED) is 0.944. The molecule has 5 heteroatoms. The smallest absolute Gasteiger partial charge is 0.151 e. The molecule has 0 amide bonds. The van der Waals surface area contributed by atoms with Gasteiger partial charge in [-0.1, -0.05) is 35.5 Å². The summed E-state index contributed by atoms with van der Waals surface area (Å²) >= 11 is 0. The van der Waals surface area contributed by atoms with E-state index in [1.54, 1.807) is 0 Å². The second kappa shape index (κ2) is 6.88. The number of hydrogen-bond donors (Lipinski definition) is 1. The van der Waals surface area contributed by atoms with Gasteiger partial charge in [-0.15, -0.1) is 12.4 Å². The van der Waals surface area contributed by atoms with Crippen molar-refractivity contribution >= 4 is 12.4 Å². The number of nitrogens with zero attached hydrogens (tertiary/aromatic N) is 2. The van der Waals surface area contributed by atoms with Crippen LogP contribution in [0.2, 0.25) is 0 Å². The van der Waals surface area contributed by atoms with Crippen LogP contribution in [0.5, 0.6) is 0 Å². The second-order valence-corrected chi connectivity index (χ2v) is 5.07. The number of hydrogen-bond acceptors (Lipinski definition) is 4. The zero-order valence-corrected chi connectivity index (χ0v) is 12.4. The molecule has 2 aromatic rings. The summed E-state index contributed by atoms with van der Waals surface area (Å²) in [5.41, 5.74) is 2.02. The fourth-order valence-corrected chi connectivity index (χ4v) is 2.45. The minimum Gasteiger partial charge on any atom is -0.359 e. The van der Waals surface area contributed by atoms with Crippen molar-refractivity contribution < 1.29 is 4.52 Å². The summed E-state index contributed by atoms with van der Waals surface area (Å²) in [7, 11) is 0. The van der Waals surface area contributed by atoms with E-state index in [-0.39, 0.29) is 12.4 Å². The number of piperazine rings is 1. The van der Waals surface area contributed by atoms with Crippen LogP contribution in [-0.2, 0) is 6.54 Å². The van der Waals surface area contributed by atoms with Gasteiger partial charge in [0.15, 0.2) is 5.76 Å². The normalized spacial score (nSPS) is 19.6. The second-order valence-electron chi connectivity index (χ2n) is 5.07. The fourth-order valence-electron chi connectivity index (χ4n) is 2.45. The maximum Gasteiger partial charge on any atom is 0.151 e. The van der Waals surface area contributed by atoms with Crippen molar-refractivity contribution in [2.24, 2.45) is 0 Å². The molecule has 1 saturated heterocycles. The fraction of sp³-hybridized carbons (Fsp3) is 0.400. The highest BCUT2D eigenvalue weighted by Gasteiger charge is 2.19. The summed E-state index contributed by atoms with van der Waals surface area (Å²) in [4.78, 5) is 2.42. The topological polar surface area (TPSA) is 41.3 Å². The molecule has 0 aliphatic carbocycles. The van der Waals surface area contributed by atoms with Crippen molar-refractivity contribution in [3.8, 4) is 11.3 Å². The molecule has 1 aromatic heterocycles. The van der Waals surface area contributed by atoms with Crippen LogP contribution in [0.3, 0.4) is 0 Å². The molecule has 0 spiro atoms. The van der Waals surface area contributed by atoms with Crippen molar-refractivity contribution in [1.29, 1.82) is 0 Å². The molecule has 1 aliphatic rings. The van der Waals surface area contributed by atoms with Crippen LogP contribution in [0, 0.1) is 0 Å². The molecule has 0 saturated carbocycles. The zero-order valence-electron chi connectivity index (χ0n) is 11.6. The van der Waals surface area contributed by atoms with Crippen LogP contribution in [0.15, 0.2) is 40.9 Å². The summed E-state index contributed by atoms with van der Waals surface area (Å²) in [6.45, 7) is 6.22. The number of halogens is 1. The lowest BCUT2D eigenvalue weighted by Crippen LogP contribution is -2.49. The molecular formula is C15H20ClN3O. The highest BCUT2D eigenvalue weighted by Crippen LogP contribution is 2.20. The van der Waals surface area contributed by atoms with Crippen LogP contribution in [0.4, 0.5) is 0 Å². The van der Waals surface area contributed by atoms with Gasteiger partial charge in [0.05, 0.1) is 6.54 Å². The Balaban J connectivity index is 0.00000147. The summed E-state index contributed by atoms with van der Waals surface area (Å²) < 4.78 is 5.46. The predicted octanol–water partition coefficient (Wildman–Crippen LogP) is 2.56. The van der Waals surface area contributed by atoms with E-state index < -0.39 is 0 Å². The van der Waals surface area contributed by atoms with Crippen LogP contribution < -0.4 is 5.32 Å². The Hall–Kier alpha value is -1.36. The number of rotatable bonds is 3. The Bertz CT molecular complexity index is 529. The van der Waals surface area contributed by atoms with Gasteiger partial charge >= 0.3 is 0 Å². The zero-order chi connectivity index (χ0) is 13.1. The van der Waals surface area contributed by atoms with Crippen molar-refractivity contribution in [3.63, 3.8) is 0 Å². The Morgan fingerprint density at radius 3 is 2.90 bits per heavy atom. The van der Waals surface area contributed by atoms with E-state index >= 15 is 0 Å². The van der Waals surface area contributed by atoms with Crippen molar-refractivity contribution in [3.05, 3.63) is 42.2 Å². The van der Waals surface area contributed by atoms with E-state index in [9.17, 15) is 0 Å². The van der Waals surface area contributed by atoms with E-state index in [2.05, 4.69) is 34.4 Å². The van der Waals surface area contributed by atoms with Gasteiger partial charge in [-0.2, -0.15) is 0 Å². The van der Waals surface area contributed by atoms with Crippen LogP contribution in [0.25, 0.3) is 11.3 Å². The van der Waals surface area contributed by atoms with E-state index in [0.717, 1.165) is 43.2 Å². The third-order valence-electron chi connectivity index (χ3n) is 3.63. The number of nitrogens with one attached hydrogen (secondary N) is 1. The Morgan fingerprint density at radius 2 is 2.15 bits per heavy atom. The molecule has 2 heterocycles. The molecule has 20 heavy (non-hydrogen) atoms. The predicted molar refractivity (Wildman–Crippen MR) is 81.9 cm³/mol. The molecule has 4 nitrogen and oxygen atoms in total. The van der Waals surface area contributed by atoms with Gasteiger partial charge in [0.25, 0.3) is 0 Å². The molecule has 1 fully saturated rings. The summed E-state index contributed by atoms with van der Waals surface area (Å²) in [5.74, 6) is 0.938. The average molecular weight is 294 g/mol. The molecule has 1 aromatic carbocycles. The van der Waals surface area contributed by atoms with Gasteiger partial charge in [-0.3, -0.25) is 4.90 Å². The lowest BCUT2D eigenvalue weighted by Gasteiger charge is -2.32. The van der Waals surface area contributed by atoms with Gasteiger partial charge in [0.1, 0.15) is 5.69 Å². The van der Waals surface area contributed by atoms with E-state index in [0.29, 0.717) is 6.04 Å². The molecule has 1 unspecified atom stereocenters. The van der Waals surface area contributed by atoms with Gasteiger partial charge < -0.3 is 9.84 Å². The first kappa shape index (κ1) is 15.0. The maximum atomic E-state index is 5.46. The van der Waals surface area contributed by atoms with Crippen LogP contribution >= 0.6 is 12.4 Å². The summed E-state index contributed by atoms with van der Waals surface area (Å²) in [5, 5.41) is 7.55. The molecule has 1 atom stereocenters. The molecule has 0 radical (unpaired) electrons. The molecule has 3 rings (SSSR count). The average Bonchev–Trinajstić information content (AvgIpc) is 2.91. The van der Waals surface area contributed by atoms with Crippen molar-refractivity contribution in [1.82, 2.24) is 15.4 Å². The van der Waals surface area contributed by atoms with Crippen molar-refractivity contribution in [2.75, 3.05) is 19.6 Å². The summed E-state index contributed by atoms with van der Waals surface area (Å²) in [6.07, 6.45) is 0. The lowest BCUT2D eigenvalue weighted by molar-refractivity contribution is 0.149. The highest BCUT2D eigenvalue weighted by atomic mass is 35.5. The van der Waals surface area contributed by atoms with Crippen LogP contribution in [0.1, 0.15) is 12.7 Å². The first-order valence-electron chi connectivity index (χ1n) is 6.79. The maximum absolute atomic E-state index is 5.46. The largest absolute Gasteiger partial charge is 0.359 e. The molecule has 1 aliphatic heterocycles. The highest BCUT2D eigenvalue weighted by molar-refractivity contribution is 5.85. The van der Waals surface area contributed by atoms with Crippen molar-refractivity contribution in [2.45, 2.75) is 19.5 Å². The van der Waals surface area contributed by atoms with E-state index in [1.807, 2.05) is 24.3 Å². The molecule has 108 valence electrons.